The molecular weight excluding hydrogens is 345 g/mol. The predicted molar refractivity (Wildman–Crippen MR) is 105 cm³/mol. The third kappa shape index (κ3) is 2.95. The van der Waals surface area contributed by atoms with Crippen molar-refractivity contribution in [1.29, 1.82) is 0 Å². The summed E-state index contributed by atoms with van der Waals surface area (Å²) in [5.41, 5.74) is 1.11. The fraction of sp³-hybridized carbons (Fsp3) is 0.250. The topological polar surface area (TPSA) is 75.6 Å². The first-order chi connectivity index (χ1) is 12.7. The Morgan fingerprint density at radius 2 is 1.93 bits per heavy atom. The van der Waals surface area contributed by atoms with Gasteiger partial charge in [0.1, 0.15) is 17.5 Å². The summed E-state index contributed by atoms with van der Waals surface area (Å²) >= 11 is 0. The monoisotopic (exact) mass is 365 g/mol. The van der Waals surface area contributed by atoms with Gasteiger partial charge in [0.05, 0.1) is 16.6 Å². The molecule has 0 aliphatic heterocycles. The Morgan fingerprint density at radius 3 is 2.63 bits per heavy atom. The largest absolute Gasteiger partial charge is 0.329 e. The highest BCUT2D eigenvalue weighted by molar-refractivity contribution is 6.09. The van der Waals surface area contributed by atoms with Gasteiger partial charge in [-0.25, -0.2) is 9.37 Å². The lowest BCUT2D eigenvalue weighted by atomic mass is 9.92. The molecule has 1 aromatic carbocycles. The highest BCUT2D eigenvalue weighted by atomic mass is 19.1. The molecule has 0 aliphatic carbocycles. The number of nitrogens with zero attached hydrogens (tertiary/aromatic N) is 3. The van der Waals surface area contributed by atoms with Crippen molar-refractivity contribution in [2.75, 3.05) is 5.32 Å². The number of nitrogens with one attached hydrogen (secondary N) is 2. The summed E-state index contributed by atoms with van der Waals surface area (Å²) in [7, 11) is 1.85. The van der Waals surface area contributed by atoms with Crippen molar-refractivity contribution < 1.29 is 4.39 Å². The Labute approximate surface area is 155 Å². The van der Waals surface area contributed by atoms with Gasteiger partial charge in [-0.2, -0.15) is 5.10 Å². The van der Waals surface area contributed by atoms with Crippen molar-refractivity contribution in [3.05, 3.63) is 58.4 Å². The molecule has 0 amide bonds. The van der Waals surface area contributed by atoms with Crippen molar-refractivity contribution in [3.63, 3.8) is 0 Å². The number of hydrogen-bond donors (Lipinski definition) is 2. The number of aryl methyl sites for hydroxylation is 1. The average Bonchev–Trinajstić information content (AvgIpc) is 2.96. The quantitative estimate of drug-likeness (QED) is 0.527. The maximum absolute atomic E-state index is 13.7. The molecule has 2 N–H and O–H groups in total. The lowest BCUT2D eigenvalue weighted by molar-refractivity contribution is 0.553. The van der Waals surface area contributed by atoms with Crippen LogP contribution in [0.2, 0.25) is 0 Å². The molecule has 27 heavy (non-hydrogen) atoms. The van der Waals surface area contributed by atoms with E-state index in [9.17, 15) is 9.18 Å². The molecule has 4 aromatic rings. The molecular formula is C20H20FN5O. The molecule has 0 radical (unpaired) electrons. The molecule has 3 aromatic heterocycles. The van der Waals surface area contributed by atoms with Crippen LogP contribution in [0.3, 0.4) is 0 Å². The molecule has 0 saturated carbocycles. The summed E-state index contributed by atoms with van der Waals surface area (Å²) in [6, 6.07) is 7.98. The Balaban J connectivity index is 1.95. The number of H-pyrrole nitrogens is 1. The SMILES string of the molecule is Cn1nc(C(C)(C)C)cc1Nc1nc2ccc(F)cc2c2c(=O)[nH]ccc12. The van der Waals surface area contributed by atoms with Crippen LogP contribution in [0.1, 0.15) is 26.5 Å². The second-order valence-electron chi connectivity index (χ2n) is 7.63. The highest BCUT2D eigenvalue weighted by Gasteiger charge is 2.20. The minimum absolute atomic E-state index is 0.0920. The summed E-state index contributed by atoms with van der Waals surface area (Å²) in [4.78, 5) is 19.7. The summed E-state index contributed by atoms with van der Waals surface area (Å²) < 4.78 is 15.5. The van der Waals surface area contributed by atoms with Crippen molar-refractivity contribution in [2.45, 2.75) is 26.2 Å². The van der Waals surface area contributed by atoms with E-state index in [4.69, 9.17) is 0 Å². The molecule has 0 aliphatic rings. The van der Waals surface area contributed by atoms with Gasteiger partial charge in [-0.15, -0.1) is 0 Å². The van der Waals surface area contributed by atoms with Crippen LogP contribution in [0.25, 0.3) is 21.7 Å². The third-order valence-corrected chi connectivity index (χ3v) is 4.57. The number of aromatic nitrogens is 4. The van der Waals surface area contributed by atoms with Gasteiger partial charge >= 0.3 is 0 Å². The fourth-order valence-corrected chi connectivity index (χ4v) is 3.10. The maximum atomic E-state index is 13.7. The van der Waals surface area contributed by atoms with E-state index >= 15 is 0 Å². The lowest BCUT2D eigenvalue weighted by Gasteiger charge is -2.13. The summed E-state index contributed by atoms with van der Waals surface area (Å²) in [5.74, 6) is 0.880. The molecule has 0 bridgehead atoms. The second-order valence-corrected chi connectivity index (χ2v) is 7.63. The van der Waals surface area contributed by atoms with Crippen LogP contribution in [0.4, 0.5) is 16.0 Å². The number of rotatable bonds is 2. The van der Waals surface area contributed by atoms with Crippen LogP contribution in [-0.2, 0) is 12.5 Å². The molecule has 7 heteroatoms. The molecule has 0 saturated heterocycles. The van der Waals surface area contributed by atoms with E-state index in [1.165, 1.54) is 12.1 Å². The Hall–Kier alpha value is -3.22. The van der Waals surface area contributed by atoms with Gasteiger partial charge in [0.25, 0.3) is 5.56 Å². The number of anilines is 2. The summed E-state index contributed by atoms with van der Waals surface area (Å²) in [5, 5.41) is 9.35. The van der Waals surface area contributed by atoms with Crippen LogP contribution in [-0.4, -0.2) is 19.7 Å². The number of fused-ring (bicyclic) bond motifs is 3. The zero-order valence-electron chi connectivity index (χ0n) is 15.6. The predicted octanol–water partition coefficient (Wildman–Crippen LogP) is 3.99. The minimum atomic E-state index is -0.406. The first-order valence-corrected chi connectivity index (χ1v) is 8.66. The van der Waals surface area contributed by atoms with E-state index in [2.05, 4.69) is 41.2 Å². The maximum Gasteiger partial charge on any atom is 0.256 e. The third-order valence-electron chi connectivity index (χ3n) is 4.57. The summed E-state index contributed by atoms with van der Waals surface area (Å²) in [6.45, 7) is 6.28. The van der Waals surface area contributed by atoms with E-state index in [1.54, 1.807) is 23.0 Å². The number of aromatic amines is 1. The van der Waals surface area contributed by atoms with E-state index in [1.807, 2.05) is 13.1 Å². The van der Waals surface area contributed by atoms with Crippen LogP contribution in [0.15, 0.2) is 41.3 Å². The molecule has 138 valence electrons. The molecule has 0 spiro atoms. The standard InChI is InChI=1S/C20H20FN5O/c1-20(2,3)15-10-16(26(4)25-15)24-18-12-7-8-22-19(27)17(12)13-9-11(21)5-6-14(13)23-18/h5-10H,1-4H3,(H,22,27)(H,23,24). The number of pyridine rings is 2. The van der Waals surface area contributed by atoms with Gasteiger partial charge in [-0.1, -0.05) is 20.8 Å². The molecule has 0 unspecified atom stereocenters. The van der Waals surface area contributed by atoms with Crippen LogP contribution < -0.4 is 10.9 Å². The first-order valence-electron chi connectivity index (χ1n) is 8.66. The van der Waals surface area contributed by atoms with E-state index in [0.717, 1.165) is 11.5 Å². The Morgan fingerprint density at radius 1 is 1.15 bits per heavy atom. The second kappa shape index (κ2) is 5.90. The van der Waals surface area contributed by atoms with Crippen molar-refractivity contribution in [2.24, 2.45) is 7.05 Å². The number of halogens is 1. The minimum Gasteiger partial charge on any atom is -0.329 e. The normalized spacial score (nSPS) is 12.0. The van der Waals surface area contributed by atoms with Gasteiger partial charge < -0.3 is 10.3 Å². The van der Waals surface area contributed by atoms with E-state index in [-0.39, 0.29) is 11.0 Å². The van der Waals surface area contributed by atoms with Crippen molar-refractivity contribution in [3.8, 4) is 0 Å². The van der Waals surface area contributed by atoms with Gasteiger partial charge in [-0.3, -0.25) is 9.48 Å². The average molecular weight is 365 g/mol. The molecule has 0 fully saturated rings. The lowest BCUT2D eigenvalue weighted by Crippen LogP contribution is -2.12. The fourth-order valence-electron chi connectivity index (χ4n) is 3.10. The Kier molecular flexibility index (Phi) is 3.76. The van der Waals surface area contributed by atoms with Gasteiger partial charge in [0.2, 0.25) is 0 Å². The van der Waals surface area contributed by atoms with E-state index in [0.29, 0.717) is 27.5 Å². The zero-order chi connectivity index (χ0) is 19.3. The van der Waals surface area contributed by atoms with Crippen LogP contribution in [0, 0.1) is 5.82 Å². The number of hydrogen-bond acceptors (Lipinski definition) is 4. The van der Waals surface area contributed by atoms with Gasteiger partial charge in [0.15, 0.2) is 0 Å². The van der Waals surface area contributed by atoms with E-state index < -0.39 is 5.82 Å². The Bertz CT molecular complexity index is 1230. The smallest absolute Gasteiger partial charge is 0.256 e. The van der Waals surface area contributed by atoms with Gasteiger partial charge in [0, 0.05) is 35.5 Å². The van der Waals surface area contributed by atoms with Crippen molar-refractivity contribution in [1.82, 2.24) is 19.7 Å². The highest BCUT2D eigenvalue weighted by Crippen LogP contribution is 2.30. The molecule has 6 nitrogen and oxygen atoms in total. The zero-order valence-corrected chi connectivity index (χ0v) is 15.6. The van der Waals surface area contributed by atoms with Crippen molar-refractivity contribution >= 4 is 33.3 Å². The molecule has 0 atom stereocenters. The molecule has 3 heterocycles. The number of benzene rings is 1. The van der Waals surface area contributed by atoms with Gasteiger partial charge in [-0.05, 0) is 24.3 Å². The summed E-state index contributed by atoms with van der Waals surface area (Å²) in [6.07, 6.45) is 1.56. The molecule has 4 rings (SSSR count). The van der Waals surface area contributed by atoms with Crippen LogP contribution in [0.5, 0.6) is 0 Å². The first kappa shape index (κ1) is 17.2. The van der Waals surface area contributed by atoms with Crippen LogP contribution >= 0.6 is 0 Å².